The van der Waals surface area contributed by atoms with E-state index in [-0.39, 0.29) is 25.1 Å². The number of carbonyl (C=O) groups is 2. The van der Waals surface area contributed by atoms with Crippen LogP contribution in [-0.4, -0.2) is 34.5 Å². The van der Waals surface area contributed by atoms with Gasteiger partial charge >= 0.3 is 0 Å². The minimum atomic E-state index is -0.395. The van der Waals surface area contributed by atoms with Gasteiger partial charge in [0.15, 0.2) is 6.61 Å². The van der Waals surface area contributed by atoms with Gasteiger partial charge in [-0.05, 0) is 26.0 Å². The van der Waals surface area contributed by atoms with Crippen LogP contribution in [0.2, 0.25) is 0 Å². The molecular weight excluding hydrogens is 312 g/mol. The molecule has 1 aromatic carbocycles. The fourth-order valence-electron chi connectivity index (χ4n) is 1.95. The lowest BCUT2D eigenvalue weighted by atomic mass is 10.2. The summed E-state index contributed by atoms with van der Waals surface area (Å²) in [5.41, 5.74) is 0.329. The number of ether oxygens (including phenoxy) is 1. The fourth-order valence-corrected chi connectivity index (χ4v) is 1.95. The summed E-state index contributed by atoms with van der Waals surface area (Å²) < 4.78 is 10.4. The number of rotatable bonds is 7. The number of benzene rings is 1. The third-order valence-corrected chi connectivity index (χ3v) is 2.92. The zero-order valence-corrected chi connectivity index (χ0v) is 13.8. The van der Waals surface area contributed by atoms with Crippen molar-refractivity contribution in [3.8, 4) is 5.75 Å². The molecule has 0 aliphatic rings. The van der Waals surface area contributed by atoms with E-state index in [4.69, 9.17) is 9.26 Å². The van der Waals surface area contributed by atoms with Crippen molar-refractivity contribution in [2.75, 3.05) is 6.54 Å². The molecule has 24 heavy (non-hydrogen) atoms. The molecule has 0 spiro atoms. The summed E-state index contributed by atoms with van der Waals surface area (Å²) in [6.07, 6.45) is 0. The summed E-state index contributed by atoms with van der Waals surface area (Å²) in [6.45, 7) is 5.36. The molecule has 0 bridgehead atoms. The Morgan fingerprint density at radius 2 is 2.04 bits per heavy atom. The van der Waals surface area contributed by atoms with Crippen molar-refractivity contribution < 1.29 is 18.8 Å². The van der Waals surface area contributed by atoms with Crippen molar-refractivity contribution in [3.63, 3.8) is 0 Å². The molecule has 2 amide bonds. The highest BCUT2D eigenvalue weighted by Crippen LogP contribution is 2.18. The molecule has 0 saturated heterocycles. The number of nitrogens with one attached hydrogen (secondary N) is 2. The van der Waals surface area contributed by atoms with Gasteiger partial charge in [-0.15, -0.1) is 0 Å². The Labute approximate surface area is 139 Å². The quantitative estimate of drug-likeness (QED) is 0.789. The molecule has 0 radical (unpaired) electrons. The van der Waals surface area contributed by atoms with Crippen LogP contribution in [0.5, 0.6) is 5.75 Å². The van der Waals surface area contributed by atoms with Gasteiger partial charge in [-0.2, -0.15) is 4.98 Å². The van der Waals surface area contributed by atoms with Crippen LogP contribution in [0.15, 0.2) is 28.8 Å². The molecule has 2 aromatic rings. The van der Waals surface area contributed by atoms with Gasteiger partial charge in [0.05, 0.1) is 12.1 Å². The average Bonchev–Trinajstić information content (AvgIpc) is 2.96. The number of nitrogens with zero attached hydrogens (tertiary/aromatic N) is 2. The lowest BCUT2D eigenvalue weighted by Gasteiger charge is -2.11. The van der Waals surface area contributed by atoms with Crippen LogP contribution in [0.1, 0.15) is 35.9 Å². The van der Waals surface area contributed by atoms with Gasteiger partial charge in [0, 0.05) is 13.0 Å². The van der Waals surface area contributed by atoms with Gasteiger partial charge in [-0.25, -0.2) is 0 Å². The molecule has 0 unspecified atom stereocenters. The van der Waals surface area contributed by atoms with Crippen LogP contribution in [-0.2, 0) is 11.4 Å². The smallest absolute Gasteiger partial charge is 0.255 e. The van der Waals surface area contributed by atoms with Crippen molar-refractivity contribution >= 4 is 11.8 Å². The first-order valence-corrected chi connectivity index (χ1v) is 7.54. The van der Waals surface area contributed by atoms with E-state index in [1.54, 1.807) is 31.2 Å². The summed E-state index contributed by atoms with van der Waals surface area (Å²) in [5.74, 6) is 0.560. The van der Waals surface area contributed by atoms with E-state index < -0.39 is 5.91 Å². The lowest BCUT2D eigenvalue weighted by molar-refractivity contribution is -0.120. The van der Waals surface area contributed by atoms with Crippen molar-refractivity contribution in [1.29, 1.82) is 0 Å². The standard InChI is InChI=1S/C16H20N4O4/c1-10(2)18-15(21)8-17-16(22)12-6-4-5-7-13(12)23-9-14-19-11(3)24-20-14/h4-7,10H,8-9H2,1-3H3,(H,17,22)(H,18,21). The first kappa shape index (κ1) is 17.5. The van der Waals surface area contributed by atoms with Crippen molar-refractivity contribution in [2.24, 2.45) is 0 Å². The number of hydrogen-bond donors (Lipinski definition) is 2. The van der Waals surface area contributed by atoms with Gasteiger partial charge < -0.3 is 19.9 Å². The highest BCUT2D eigenvalue weighted by atomic mass is 16.5. The first-order chi connectivity index (χ1) is 11.5. The van der Waals surface area contributed by atoms with Crippen LogP contribution >= 0.6 is 0 Å². The molecule has 1 aromatic heterocycles. The van der Waals surface area contributed by atoms with Gasteiger partial charge in [0.2, 0.25) is 17.6 Å². The monoisotopic (exact) mass is 332 g/mol. The summed E-state index contributed by atoms with van der Waals surface area (Å²) in [6, 6.07) is 6.76. The maximum Gasteiger partial charge on any atom is 0.255 e. The Balaban J connectivity index is 1.97. The fraction of sp³-hybridized carbons (Fsp3) is 0.375. The summed E-state index contributed by atoms with van der Waals surface area (Å²) in [4.78, 5) is 27.9. The minimum Gasteiger partial charge on any atom is -0.485 e. The minimum absolute atomic E-state index is 0.0171. The van der Waals surface area contributed by atoms with Gasteiger partial charge in [-0.1, -0.05) is 17.3 Å². The van der Waals surface area contributed by atoms with Crippen LogP contribution in [0.4, 0.5) is 0 Å². The third-order valence-electron chi connectivity index (χ3n) is 2.92. The molecule has 1 heterocycles. The Kier molecular flexibility index (Phi) is 5.89. The Morgan fingerprint density at radius 3 is 2.71 bits per heavy atom. The normalized spacial score (nSPS) is 10.5. The second-order valence-electron chi connectivity index (χ2n) is 5.42. The largest absolute Gasteiger partial charge is 0.485 e. The van der Waals surface area contributed by atoms with Gasteiger partial charge in [-0.3, -0.25) is 9.59 Å². The van der Waals surface area contributed by atoms with Crippen LogP contribution in [0.3, 0.4) is 0 Å². The molecule has 8 nitrogen and oxygen atoms in total. The molecule has 0 saturated carbocycles. The Hall–Kier alpha value is -2.90. The lowest BCUT2D eigenvalue weighted by Crippen LogP contribution is -2.39. The van der Waals surface area contributed by atoms with E-state index in [1.807, 2.05) is 13.8 Å². The first-order valence-electron chi connectivity index (χ1n) is 7.54. The molecule has 2 rings (SSSR count). The zero-order chi connectivity index (χ0) is 17.5. The predicted octanol–water partition coefficient (Wildman–Crippen LogP) is 1.21. The zero-order valence-electron chi connectivity index (χ0n) is 13.8. The molecule has 128 valence electrons. The van der Waals surface area contributed by atoms with E-state index in [2.05, 4.69) is 20.8 Å². The van der Waals surface area contributed by atoms with Crippen LogP contribution < -0.4 is 15.4 Å². The molecule has 8 heteroatoms. The topological polar surface area (TPSA) is 106 Å². The van der Waals surface area contributed by atoms with E-state index in [0.29, 0.717) is 23.0 Å². The average molecular weight is 332 g/mol. The highest BCUT2D eigenvalue weighted by molar-refractivity contribution is 5.98. The molecule has 0 aliphatic heterocycles. The maximum absolute atomic E-state index is 12.3. The van der Waals surface area contributed by atoms with Crippen LogP contribution in [0.25, 0.3) is 0 Å². The number of amides is 2. The predicted molar refractivity (Wildman–Crippen MR) is 85.4 cm³/mol. The molecule has 0 aliphatic carbocycles. The highest BCUT2D eigenvalue weighted by Gasteiger charge is 2.14. The Bertz CT molecular complexity index is 712. The van der Waals surface area contributed by atoms with E-state index >= 15 is 0 Å². The van der Waals surface area contributed by atoms with Crippen molar-refractivity contribution in [2.45, 2.75) is 33.4 Å². The van der Waals surface area contributed by atoms with Crippen molar-refractivity contribution in [1.82, 2.24) is 20.8 Å². The number of hydrogen-bond acceptors (Lipinski definition) is 6. The molecule has 0 atom stereocenters. The summed E-state index contributed by atoms with van der Waals surface area (Å²) in [7, 11) is 0. The second-order valence-corrected chi connectivity index (χ2v) is 5.42. The van der Waals surface area contributed by atoms with E-state index in [9.17, 15) is 9.59 Å². The second kappa shape index (κ2) is 8.09. The van der Waals surface area contributed by atoms with E-state index in [1.165, 1.54) is 0 Å². The van der Waals surface area contributed by atoms with Crippen molar-refractivity contribution in [3.05, 3.63) is 41.5 Å². The Morgan fingerprint density at radius 1 is 1.29 bits per heavy atom. The summed E-state index contributed by atoms with van der Waals surface area (Å²) in [5, 5.41) is 9.00. The summed E-state index contributed by atoms with van der Waals surface area (Å²) >= 11 is 0. The molecule has 0 fully saturated rings. The number of para-hydroxylation sites is 1. The van der Waals surface area contributed by atoms with Crippen LogP contribution in [0, 0.1) is 6.92 Å². The number of aryl methyl sites for hydroxylation is 1. The third kappa shape index (κ3) is 5.08. The number of aromatic nitrogens is 2. The number of carbonyl (C=O) groups excluding carboxylic acids is 2. The SMILES string of the molecule is Cc1nc(COc2ccccc2C(=O)NCC(=O)NC(C)C)no1. The van der Waals surface area contributed by atoms with E-state index in [0.717, 1.165) is 0 Å². The molecule has 2 N–H and O–H groups in total. The molecular formula is C16H20N4O4. The van der Waals surface area contributed by atoms with Gasteiger partial charge in [0.1, 0.15) is 5.75 Å². The van der Waals surface area contributed by atoms with Gasteiger partial charge in [0.25, 0.3) is 5.91 Å². The maximum atomic E-state index is 12.3.